The molecule has 2 rings (SSSR count). The van der Waals surface area contributed by atoms with Crippen LogP contribution in [0, 0.1) is 5.92 Å². The average molecular weight is 267 g/mol. The van der Waals surface area contributed by atoms with Crippen LogP contribution in [-0.4, -0.2) is 8.07 Å². The molecule has 1 unspecified atom stereocenters. The Morgan fingerprint density at radius 2 is 1.81 bits per heavy atom. The zero-order chi connectivity index (χ0) is 11.9. The Kier molecular flexibility index (Phi) is 3.69. The molecule has 0 saturated carbocycles. The molecular weight excluding hydrogens is 244 g/mol. The van der Waals surface area contributed by atoms with Crippen molar-refractivity contribution in [3.8, 4) is 0 Å². The zero-order valence-corrected chi connectivity index (χ0v) is 13.7. The number of hydrogen-bond acceptors (Lipinski definition) is 0. The monoisotopic (exact) mass is 267 g/mol. The molecular formula is C14H23SiTi. The van der Waals surface area contributed by atoms with Gasteiger partial charge in [-0.3, -0.25) is 0 Å². The third kappa shape index (κ3) is 2.47. The van der Waals surface area contributed by atoms with E-state index in [1.165, 1.54) is 31.7 Å². The molecule has 16 heavy (non-hydrogen) atoms. The molecule has 0 N–H and O–H groups in total. The van der Waals surface area contributed by atoms with Crippen LogP contribution in [0.15, 0.2) is 20.6 Å². The van der Waals surface area contributed by atoms with Crippen molar-refractivity contribution in [2.24, 2.45) is 5.92 Å². The van der Waals surface area contributed by atoms with E-state index in [0.717, 1.165) is 5.92 Å². The van der Waals surface area contributed by atoms with Crippen molar-refractivity contribution < 1.29 is 20.4 Å². The molecule has 0 heterocycles. The topological polar surface area (TPSA) is 0 Å². The maximum absolute atomic E-state index is 2.51. The quantitative estimate of drug-likeness (QED) is 0.639. The fourth-order valence-electron chi connectivity index (χ4n) is 3.16. The standard InChI is InChI=1S/C14H23Si.Ti/c1-11-9-12-7-5-6-8-13(12)14(11)10-15(2,3)4;/h14H,5-8,10H2,1-4H3;. The number of rotatable bonds is 2. The first-order valence-corrected chi connectivity index (χ1v) is 11.0. The molecule has 0 radical (unpaired) electrons. The van der Waals surface area contributed by atoms with Gasteiger partial charge in [-0.05, 0) is 0 Å². The van der Waals surface area contributed by atoms with Crippen molar-refractivity contribution in [3.63, 3.8) is 0 Å². The van der Waals surface area contributed by atoms with Gasteiger partial charge in [0.15, 0.2) is 0 Å². The van der Waals surface area contributed by atoms with E-state index in [1.807, 2.05) is 5.57 Å². The van der Waals surface area contributed by atoms with Gasteiger partial charge >= 0.3 is 113 Å². The Hall–Kier alpha value is 0.411. The van der Waals surface area contributed by atoms with Gasteiger partial charge in [-0.1, -0.05) is 0 Å². The van der Waals surface area contributed by atoms with E-state index >= 15 is 0 Å². The second kappa shape index (κ2) is 4.59. The van der Waals surface area contributed by atoms with Gasteiger partial charge in [0.1, 0.15) is 0 Å². The molecule has 2 heteroatoms. The normalized spacial score (nSPS) is 26.3. The van der Waals surface area contributed by atoms with E-state index in [2.05, 4.69) is 47.0 Å². The van der Waals surface area contributed by atoms with E-state index in [4.69, 9.17) is 0 Å². The van der Waals surface area contributed by atoms with Crippen LogP contribution in [0.4, 0.5) is 0 Å². The summed E-state index contributed by atoms with van der Waals surface area (Å²) >= 11 is 2.36. The van der Waals surface area contributed by atoms with Crippen LogP contribution in [0.5, 0.6) is 0 Å². The van der Waals surface area contributed by atoms with Gasteiger partial charge in [-0.15, -0.1) is 0 Å². The van der Waals surface area contributed by atoms with E-state index in [-0.39, 0.29) is 0 Å². The summed E-state index contributed by atoms with van der Waals surface area (Å²) in [5.74, 6) is 0.835. The molecule has 0 nitrogen and oxygen atoms in total. The molecule has 2 aliphatic rings. The van der Waals surface area contributed by atoms with Crippen molar-refractivity contribution in [1.82, 2.24) is 0 Å². The predicted octanol–water partition coefficient (Wildman–Crippen LogP) is 4.65. The number of hydrogen-bond donors (Lipinski definition) is 0. The molecule has 87 valence electrons. The van der Waals surface area contributed by atoms with Gasteiger partial charge in [-0.25, -0.2) is 0 Å². The first-order valence-electron chi connectivity index (χ1n) is 6.55. The molecule has 0 aromatic carbocycles. The van der Waals surface area contributed by atoms with Gasteiger partial charge in [0, 0.05) is 0 Å². The van der Waals surface area contributed by atoms with Crippen LogP contribution >= 0.6 is 0 Å². The van der Waals surface area contributed by atoms with Gasteiger partial charge in [0.25, 0.3) is 0 Å². The van der Waals surface area contributed by atoms with Crippen molar-refractivity contribution >= 4 is 8.07 Å². The third-order valence-corrected chi connectivity index (χ3v) is 6.69. The van der Waals surface area contributed by atoms with Gasteiger partial charge < -0.3 is 0 Å². The van der Waals surface area contributed by atoms with Crippen molar-refractivity contribution in [1.29, 1.82) is 0 Å². The van der Waals surface area contributed by atoms with E-state index in [9.17, 15) is 0 Å². The van der Waals surface area contributed by atoms with Crippen LogP contribution in [0.3, 0.4) is 0 Å². The first-order chi connectivity index (χ1) is 7.40. The summed E-state index contributed by atoms with van der Waals surface area (Å²) in [4.78, 5) is 0. The fourth-order valence-corrected chi connectivity index (χ4v) is 5.66. The van der Waals surface area contributed by atoms with Crippen LogP contribution in [0.25, 0.3) is 0 Å². The predicted molar refractivity (Wildman–Crippen MR) is 69.8 cm³/mol. The molecule has 0 aromatic rings. The minimum absolute atomic E-state index is 0.835. The van der Waals surface area contributed by atoms with Crippen molar-refractivity contribution in [2.75, 3.05) is 0 Å². The molecule has 0 saturated heterocycles. The summed E-state index contributed by atoms with van der Waals surface area (Å²) in [6, 6.07) is 1.47. The Labute approximate surface area is 113 Å². The molecule has 0 spiro atoms. The molecule has 0 aliphatic heterocycles. The second-order valence-corrected chi connectivity index (χ2v) is 12.9. The Morgan fingerprint density at radius 1 is 1.19 bits per heavy atom. The molecule has 0 aromatic heterocycles. The molecule has 0 amide bonds. The van der Waals surface area contributed by atoms with Gasteiger partial charge in [0.05, 0.1) is 0 Å². The Bertz CT molecular complexity index is 357. The Balaban J connectivity index is 2.28. The van der Waals surface area contributed by atoms with Crippen LogP contribution in [0.2, 0.25) is 25.7 Å². The van der Waals surface area contributed by atoms with Gasteiger partial charge in [0.2, 0.25) is 0 Å². The van der Waals surface area contributed by atoms with Crippen LogP contribution < -0.4 is 0 Å². The average Bonchev–Trinajstić information content (AvgIpc) is 2.43. The number of allylic oxidation sites excluding steroid dienone is 4. The summed E-state index contributed by atoms with van der Waals surface area (Å²) < 4.78 is 1.65. The van der Waals surface area contributed by atoms with Gasteiger partial charge in [-0.2, -0.15) is 0 Å². The SMILES string of the molecule is CC1=[C]([Ti])C2=C(CCCC2)C1C[Si](C)(C)C. The third-order valence-electron chi connectivity index (χ3n) is 3.97. The first kappa shape index (κ1) is 12.9. The van der Waals surface area contributed by atoms with E-state index < -0.39 is 8.07 Å². The molecule has 1 atom stereocenters. The summed E-state index contributed by atoms with van der Waals surface area (Å²) in [6.07, 6.45) is 5.60. The molecule has 0 fully saturated rings. The fraction of sp³-hybridized carbons (Fsp3) is 0.714. The maximum atomic E-state index is 2.51. The summed E-state index contributed by atoms with van der Waals surface area (Å²) in [5.41, 5.74) is 5.30. The summed E-state index contributed by atoms with van der Waals surface area (Å²) in [6.45, 7) is 9.92. The van der Waals surface area contributed by atoms with Crippen LogP contribution in [-0.2, 0) is 20.4 Å². The Morgan fingerprint density at radius 3 is 2.44 bits per heavy atom. The van der Waals surface area contributed by atoms with Crippen molar-refractivity contribution in [3.05, 3.63) is 20.6 Å². The van der Waals surface area contributed by atoms with Crippen molar-refractivity contribution in [2.45, 2.75) is 58.3 Å². The molecule has 2 aliphatic carbocycles. The second-order valence-electron chi connectivity index (χ2n) is 6.59. The summed E-state index contributed by atoms with van der Waals surface area (Å²) in [7, 11) is -0.938. The minimum atomic E-state index is -0.938. The van der Waals surface area contributed by atoms with Crippen LogP contribution in [0.1, 0.15) is 32.6 Å². The zero-order valence-electron chi connectivity index (χ0n) is 11.1. The van der Waals surface area contributed by atoms with E-state index in [0.29, 0.717) is 0 Å². The van der Waals surface area contributed by atoms with E-state index in [1.54, 1.807) is 15.0 Å². The summed E-state index contributed by atoms with van der Waals surface area (Å²) in [5, 5.41) is 0. The molecule has 0 bridgehead atoms.